The van der Waals surface area contributed by atoms with E-state index in [1.54, 1.807) is 12.1 Å². The average molecular weight is 323 g/mol. The van der Waals surface area contributed by atoms with Crippen molar-refractivity contribution in [3.05, 3.63) is 24.0 Å². The Morgan fingerprint density at radius 3 is 2.50 bits per heavy atom. The van der Waals surface area contributed by atoms with E-state index in [4.69, 9.17) is 5.73 Å². The maximum atomic E-state index is 11.8. The van der Waals surface area contributed by atoms with Crippen LogP contribution >= 0.6 is 24.8 Å². The third kappa shape index (κ3) is 7.53. The van der Waals surface area contributed by atoms with Gasteiger partial charge in [-0.15, -0.1) is 24.8 Å². The molecule has 0 atom stereocenters. The summed E-state index contributed by atoms with van der Waals surface area (Å²) in [4.78, 5) is 18.0. The van der Waals surface area contributed by atoms with Crippen molar-refractivity contribution < 1.29 is 4.79 Å². The molecule has 20 heavy (non-hydrogen) atoms. The van der Waals surface area contributed by atoms with Gasteiger partial charge in [0.2, 0.25) is 0 Å². The van der Waals surface area contributed by atoms with E-state index in [9.17, 15) is 4.79 Å². The van der Waals surface area contributed by atoms with Crippen molar-refractivity contribution in [2.45, 2.75) is 20.3 Å². The first kappa shape index (κ1) is 21.3. The highest BCUT2D eigenvalue weighted by molar-refractivity contribution is 5.92. The fraction of sp³-hybridized carbons (Fsp3) is 0.538. The van der Waals surface area contributed by atoms with Gasteiger partial charge in [-0.3, -0.25) is 4.79 Å². The molecule has 0 saturated carbocycles. The molecule has 116 valence electrons. The summed E-state index contributed by atoms with van der Waals surface area (Å²) in [7, 11) is 0. The summed E-state index contributed by atoms with van der Waals surface area (Å²) >= 11 is 0. The molecule has 0 aliphatic rings. The summed E-state index contributed by atoms with van der Waals surface area (Å²) in [5.74, 6) is -0.150. The number of halogens is 2. The lowest BCUT2D eigenvalue weighted by Crippen LogP contribution is -2.35. The molecule has 1 rings (SSSR count). The lowest BCUT2D eigenvalue weighted by molar-refractivity contribution is 0.0943. The number of nitrogens with one attached hydrogen (secondary N) is 1. The third-order valence-corrected chi connectivity index (χ3v) is 2.72. The molecule has 5 nitrogen and oxygen atoms in total. The highest BCUT2D eigenvalue weighted by Gasteiger charge is 2.07. The number of hydrogen-bond donors (Lipinski definition) is 2. The number of rotatable bonds is 7. The molecule has 0 radical (unpaired) electrons. The molecule has 0 aliphatic carbocycles. The van der Waals surface area contributed by atoms with Crippen molar-refractivity contribution in [1.82, 2.24) is 15.2 Å². The first-order chi connectivity index (χ1) is 8.67. The van der Waals surface area contributed by atoms with Crippen LogP contribution in [0.1, 0.15) is 30.8 Å². The SMILES string of the molecule is CCCN(CC)CCNC(=O)c1ccc(N)cn1.Cl.Cl. The normalized spacial score (nSPS) is 9.55. The summed E-state index contributed by atoms with van der Waals surface area (Å²) in [6.07, 6.45) is 2.62. The molecule has 0 bridgehead atoms. The van der Waals surface area contributed by atoms with E-state index in [0.29, 0.717) is 17.9 Å². The molecule has 0 spiro atoms. The van der Waals surface area contributed by atoms with E-state index in [1.165, 1.54) is 6.20 Å². The van der Waals surface area contributed by atoms with Gasteiger partial charge in [0, 0.05) is 13.1 Å². The zero-order chi connectivity index (χ0) is 13.4. The number of pyridine rings is 1. The Hall–Kier alpha value is -1.04. The van der Waals surface area contributed by atoms with Crippen LogP contribution in [0.2, 0.25) is 0 Å². The summed E-state index contributed by atoms with van der Waals surface area (Å²) in [6, 6.07) is 3.31. The Morgan fingerprint density at radius 1 is 1.30 bits per heavy atom. The van der Waals surface area contributed by atoms with Crippen LogP contribution in [0.25, 0.3) is 0 Å². The molecule has 1 amide bonds. The number of carbonyl (C=O) groups excluding carboxylic acids is 1. The number of amides is 1. The van der Waals surface area contributed by atoms with Crippen molar-refractivity contribution in [2.24, 2.45) is 0 Å². The molecule has 1 aromatic rings. The zero-order valence-electron chi connectivity index (χ0n) is 12.0. The number of nitrogens with zero attached hydrogens (tertiary/aromatic N) is 2. The second-order valence-electron chi connectivity index (χ2n) is 4.17. The fourth-order valence-electron chi connectivity index (χ4n) is 1.70. The van der Waals surface area contributed by atoms with Crippen molar-refractivity contribution >= 4 is 36.4 Å². The lowest BCUT2D eigenvalue weighted by Gasteiger charge is -2.19. The van der Waals surface area contributed by atoms with Crippen LogP contribution in [0.4, 0.5) is 5.69 Å². The van der Waals surface area contributed by atoms with Gasteiger partial charge < -0.3 is 16.0 Å². The van der Waals surface area contributed by atoms with E-state index in [0.717, 1.165) is 26.1 Å². The van der Waals surface area contributed by atoms with Crippen LogP contribution in [0.15, 0.2) is 18.3 Å². The molecule has 7 heteroatoms. The van der Waals surface area contributed by atoms with Gasteiger partial charge in [-0.25, -0.2) is 4.98 Å². The van der Waals surface area contributed by atoms with Crippen molar-refractivity contribution in [2.75, 3.05) is 31.9 Å². The minimum absolute atomic E-state index is 0. The highest BCUT2D eigenvalue weighted by atomic mass is 35.5. The number of nitrogen functional groups attached to an aromatic ring is 1. The summed E-state index contributed by atoms with van der Waals surface area (Å²) in [6.45, 7) is 7.85. The van der Waals surface area contributed by atoms with Gasteiger partial charge in [0.15, 0.2) is 0 Å². The number of anilines is 1. The number of likely N-dealkylation sites (N-methyl/N-ethyl adjacent to an activating group) is 1. The Bertz CT molecular complexity index is 373. The standard InChI is InChI=1S/C13H22N4O.2ClH/c1-3-8-17(4-2)9-7-15-13(18)12-6-5-11(14)10-16-12;;/h5-6,10H,3-4,7-9,14H2,1-2H3,(H,15,18);2*1H. The molecule has 0 fully saturated rings. The highest BCUT2D eigenvalue weighted by Crippen LogP contribution is 2.00. The maximum absolute atomic E-state index is 11.8. The van der Waals surface area contributed by atoms with Crippen LogP contribution in [-0.2, 0) is 0 Å². The smallest absolute Gasteiger partial charge is 0.269 e. The Kier molecular flexibility index (Phi) is 12.5. The first-order valence-corrected chi connectivity index (χ1v) is 6.39. The molecule has 0 aromatic carbocycles. The number of carbonyl (C=O) groups is 1. The second kappa shape index (κ2) is 11.8. The predicted octanol–water partition coefficient (Wildman–Crippen LogP) is 1.97. The van der Waals surface area contributed by atoms with Gasteiger partial charge in [0.05, 0.1) is 11.9 Å². The second-order valence-corrected chi connectivity index (χ2v) is 4.17. The Labute approximate surface area is 133 Å². The topological polar surface area (TPSA) is 71.2 Å². The third-order valence-electron chi connectivity index (χ3n) is 2.72. The van der Waals surface area contributed by atoms with Crippen LogP contribution in [0.3, 0.4) is 0 Å². The van der Waals surface area contributed by atoms with Crippen LogP contribution in [0.5, 0.6) is 0 Å². The molecule has 1 heterocycles. The van der Waals surface area contributed by atoms with Gasteiger partial charge in [-0.2, -0.15) is 0 Å². The molecule has 0 unspecified atom stereocenters. The van der Waals surface area contributed by atoms with Crippen molar-refractivity contribution in [3.8, 4) is 0 Å². The number of hydrogen-bond acceptors (Lipinski definition) is 4. The number of aromatic nitrogens is 1. The Morgan fingerprint density at radius 2 is 2.00 bits per heavy atom. The lowest BCUT2D eigenvalue weighted by atomic mass is 10.3. The molecular weight excluding hydrogens is 299 g/mol. The monoisotopic (exact) mass is 322 g/mol. The molecule has 3 N–H and O–H groups in total. The maximum Gasteiger partial charge on any atom is 0.269 e. The van der Waals surface area contributed by atoms with Crippen LogP contribution in [-0.4, -0.2) is 42.0 Å². The molecule has 1 aromatic heterocycles. The molecule has 0 aliphatic heterocycles. The fourth-order valence-corrected chi connectivity index (χ4v) is 1.70. The minimum Gasteiger partial charge on any atom is -0.397 e. The van der Waals surface area contributed by atoms with E-state index in [-0.39, 0.29) is 30.7 Å². The largest absolute Gasteiger partial charge is 0.397 e. The quantitative estimate of drug-likeness (QED) is 0.805. The van der Waals surface area contributed by atoms with Gasteiger partial charge >= 0.3 is 0 Å². The van der Waals surface area contributed by atoms with Crippen LogP contribution < -0.4 is 11.1 Å². The molecule has 0 saturated heterocycles. The van der Waals surface area contributed by atoms with E-state index >= 15 is 0 Å². The van der Waals surface area contributed by atoms with Crippen molar-refractivity contribution in [1.29, 1.82) is 0 Å². The van der Waals surface area contributed by atoms with Crippen molar-refractivity contribution in [3.63, 3.8) is 0 Å². The zero-order valence-corrected chi connectivity index (χ0v) is 13.6. The Balaban J connectivity index is 0. The number of nitrogens with two attached hydrogens (primary N) is 1. The van der Waals surface area contributed by atoms with Gasteiger partial charge in [-0.1, -0.05) is 13.8 Å². The van der Waals surface area contributed by atoms with E-state index < -0.39 is 0 Å². The van der Waals surface area contributed by atoms with Gasteiger partial charge in [0.1, 0.15) is 5.69 Å². The minimum atomic E-state index is -0.150. The average Bonchev–Trinajstić information content (AvgIpc) is 2.38. The van der Waals surface area contributed by atoms with Crippen LogP contribution in [0, 0.1) is 0 Å². The summed E-state index contributed by atoms with van der Waals surface area (Å²) < 4.78 is 0. The van der Waals surface area contributed by atoms with Gasteiger partial charge in [-0.05, 0) is 31.6 Å². The summed E-state index contributed by atoms with van der Waals surface area (Å²) in [5.41, 5.74) is 6.48. The van der Waals surface area contributed by atoms with E-state index in [1.807, 2.05) is 0 Å². The molecular formula is C13H24Cl2N4O. The van der Waals surface area contributed by atoms with Gasteiger partial charge in [0.25, 0.3) is 5.91 Å². The predicted molar refractivity (Wildman–Crippen MR) is 87.9 cm³/mol. The summed E-state index contributed by atoms with van der Waals surface area (Å²) in [5, 5.41) is 2.86. The van der Waals surface area contributed by atoms with E-state index in [2.05, 4.69) is 29.0 Å². The first-order valence-electron chi connectivity index (χ1n) is 6.39.